The minimum Gasteiger partial charge on any atom is -0.483 e. The largest absolute Gasteiger partial charge is 0.483 e. The van der Waals surface area contributed by atoms with Crippen LogP contribution in [-0.2, 0) is 4.79 Å². The molecule has 6 nitrogen and oxygen atoms in total. The molecule has 0 radical (unpaired) electrons. The fraction of sp³-hybridized carbons (Fsp3) is 0.368. The summed E-state index contributed by atoms with van der Waals surface area (Å²) in [5.74, 6) is 0.229. The number of rotatable bonds is 5. The predicted octanol–water partition coefficient (Wildman–Crippen LogP) is 3.56. The molecule has 1 aliphatic carbocycles. The van der Waals surface area contributed by atoms with Crippen LogP contribution in [0.2, 0.25) is 5.02 Å². The van der Waals surface area contributed by atoms with Crippen molar-refractivity contribution in [1.82, 2.24) is 15.8 Å². The maximum absolute atomic E-state index is 12.0. The number of carbonyl (C=O) groups excluding carboxylic acids is 2. The van der Waals surface area contributed by atoms with Gasteiger partial charge in [0.1, 0.15) is 11.4 Å². The summed E-state index contributed by atoms with van der Waals surface area (Å²) in [6.45, 7) is -0.188. The summed E-state index contributed by atoms with van der Waals surface area (Å²) in [5, 5.41) is 0.667. The van der Waals surface area contributed by atoms with E-state index >= 15 is 0 Å². The molecule has 0 aliphatic heterocycles. The van der Waals surface area contributed by atoms with Crippen LogP contribution in [0.15, 0.2) is 36.5 Å². The van der Waals surface area contributed by atoms with Crippen molar-refractivity contribution in [1.29, 1.82) is 0 Å². The molecule has 0 unspecified atom stereocenters. The SMILES string of the molecule is O=C(COc1ccc(Cl)cc1C1CCCCC1)NNC(=O)c1ccc[nH]1. The molecular weight excluding hydrogens is 354 g/mol. The first-order valence-electron chi connectivity index (χ1n) is 8.78. The molecule has 26 heavy (non-hydrogen) atoms. The average Bonchev–Trinajstić information content (AvgIpc) is 3.20. The van der Waals surface area contributed by atoms with Crippen molar-refractivity contribution >= 4 is 23.4 Å². The second-order valence-electron chi connectivity index (χ2n) is 6.39. The van der Waals surface area contributed by atoms with Crippen molar-refractivity contribution in [2.75, 3.05) is 6.61 Å². The van der Waals surface area contributed by atoms with E-state index in [1.165, 1.54) is 19.3 Å². The van der Waals surface area contributed by atoms with Gasteiger partial charge in [0.25, 0.3) is 11.8 Å². The lowest BCUT2D eigenvalue weighted by Gasteiger charge is -2.24. The highest BCUT2D eigenvalue weighted by molar-refractivity contribution is 6.30. The highest BCUT2D eigenvalue weighted by Gasteiger charge is 2.20. The van der Waals surface area contributed by atoms with Gasteiger partial charge in [-0.3, -0.25) is 20.4 Å². The van der Waals surface area contributed by atoms with Crippen molar-refractivity contribution in [3.05, 3.63) is 52.8 Å². The predicted molar refractivity (Wildman–Crippen MR) is 99.2 cm³/mol. The molecule has 1 heterocycles. The number of carbonyl (C=O) groups is 2. The minimum atomic E-state index is -0.436. The average molecular weight is 376 g/mol. The van der Waals surface area contributed by atoms with E-state index in [9.17, 15) is 9.59 Å². The monoisotopic (exact) mass is 375 g/mol. The minimum absolute atomic E-state index is 0.188. The third-order valence-corrected chi connectivity index (χ3v) is 4.77. The summed E-state index contributed by atoms with van der Waals surface area (Å²) < 4.78 is 5.70. The molecule has 0 bridgehead atoms. The van der Waals surface area contributed by atoms with Gasteiger partial charge in [-0.25, -0.2) is 0 Å². The summed E-state index contributed by atoms with van der Waals surface area (Å²) >= 11 is 6.15. The third kappa shape index (κ3) is 4.79. The van der Waals surface area contributed by atoms with Crippen LogP contribution >= 0.6 is 11.6 Å². The first-order chi connectivity index (χ1) is 12.6. The highest BCUT2D eigenvalue weighted by Crippen LogP contribution is 2.38. The Hall–Kier alpha value is -2.47. The molecule has 7 heteroatoms. The van der Waals surface area contributed by atoms with E-state index in [4.69, 9.17) is 16.3 Å². The Morgan fingerprint density at radius 1 is 1.15 bits per heavy atom. The number of nitrogens with one attached hydrogen (secondary N) is 3. The van der Waals surface area contributed by atoms with Gasteiger partial charge < -0.3 is 9.72 Å². The van der Waals surface area contributed by atoms with Crippen LogP contribution in [0.3, 0.4) is 0 Å². The first-order valence-corrected chi connectivity index (χ1v) is 9.16. The molecule has 138 valence electrons. The molecule has 1 aromatic carbocycles. The summed E-state index contributed by atoms with van der Waals surface area (Å²) in [4.78, 5) is 26.5. The lowest BCUT2D eigenvalue weighted by Crippen LogP contribution is -2.44. The number of hydrogen-bond donors (Lipinski definition) is 3. The summed E-state index contributed by atoms with van der Waals surface area (Å²) in [7, 11) is 0. The zero-order valence-corrected chi connectivity index (χ0v) is 15.1. The van der Waals surface area contributed by atoms with Crippen molar-refractivity contribution in [2.45, 2.75) is 38.0 Å². The zero-order valence-electron chi connectivity index (χ0n) is 14.4. The van der Waals surface area contributed by atoms with E-state index < -0.39 is 11.8 Å². The Morgan fingerprint density at radius 2 is 1.96 bits per heavy atom. The fourth-order valence-electron chi connectivity index (χ4n) is 3.23. The van der Waals surface area contributed by atoms with E-state index in [1.807, 2.05) is 6.07 Å². The van der Waals surface area contributed by atoms with Gasteiger partial charge in [0.15, 0.2) is 6.61 Å². The van der Waals surface area contributed by atoms with Crippen LogP contribution in [0.25, 0.3) is 0 Å². The zero-order chi connectivity index (χ0) is 18.4. The standard InChI is InChI=1S/C19H22ClN3O3/c20-14-8-9-17(15(11-14)13-5-2-1-3-6-13)26-12-18(24)22-23-19(25)16-7-4-10-21-16/h4,7-11,13,21H,1-3,5-6,12H2,(H,22,24)(H,23,25). The van der Waals surface area contributed by atoms with Gasteiger partial charge in [-0.1, -0.05) is 30.9 Å². The van der Waals surface area contributed by atoms with Crippen molar-refractivity contribution < 1.29 is 14.3 Å². The normalized spacial score (nSPS) is 14.7. The quantitative estimate of drug-likeness (QED) is 0.699. The number of H-pyrrole nitrogens is 1. The molecule has 1 aliphatic rings. The molecule has 1 fully saturated rings. The lowest BCUT2D eigenvalue weighted by molar-refractivity contribution is -0.123. The lowest BCUT2D eigenvalue weighted by atomic mass is 9.84. The van der Waals surface area contributed by atoms with Gasteiger partial charge in [0.2, 0.25) is 0 Å². The molecule has 0 atom stereocenters. The van der Waals surface area contributed by atoms with Crippen LogP contribution in [0, 0.1) is 0 Å². The molecule has 0 saturated heterocycles. The Labute approximate surface area is 157 Å². The Morgan fingerprint density at radius 3 is 2.69 bits per heavy atom. The highest BCUT2D eigenvalue weighted by atomic mass is 35.5. The van der Waals surface area contributed by atoms with Crippen LogP contribution in [0.1, 0.15) is 54.1 Å². The topological polar surface area (TPSA) is 83.2 Å². The number of aromatic amines is 1. The molecular formula is C19H22ClN3O3. The van der Waals surface area contributed by atoms with Crippen LogP contribution in [-0.4, -0.2) is 23.4 Å². The van der Waals surface area contributed by atoms with Crippen molar-refractivity contribution in [3.8, 4) is 5.75 Å². The van der Waals surface area contributed by atoms with Crippen molar-refractivity contribution in [2.24, 2.45) is 0 Å². The Kier molecular flexibility index (Phi) is 6.17. The van der Waals surface area contributed by atoms with Gasteiger partial charge in [-0.2, -0.15) is 0 Å². The van der Waals surface area contributed by atoms with E-state index in [1.54, 1.807) is 30.5 Å². The van der Waals surface area contributed by atoms with Gasteiger partial charge in [-0.05, 0) is 54.7 Å². The second kappa shape index (κ2) is 8.76. The third-order valence-electron chi connectivity index (χ3n) is 4.53. The van der Waals surface area contributed by atoms with Crippen LogP contribution < -0.4 is 15.6 Å². The molecule has 2 amide bonds. The van der Waals surface area contributed by atoms with Gasteiger partial charge in [-0.15, -0.1) is 0 Å². The molecule has 0 spiro atoms. The summed E-state index contributed by atoms with van der Waals surface area (Å²) in [5.41, 5.74) is 6.10. The van der Waals surface area contributed by atoms with Gasteiger partial charge >= 0.3 is 0 Å². The Balaban J connectivity index is 1.55. The number of halogens is 1. The summed E-state index contributed by atoms with van der Waals surface area (Å²) in [6, 6.07) is 8.80. The summed E-state index contributed by atoms with van der Waals surface area (Å²) in [6.07, 6.45) is 7.50. The number of ether oxygens (including phenoxy) is 1. The maximum Gasteiger partial charge on any atom is 0.286 e. The van der Waals surface area contributed by atoms with Crippen LogP contribution in [0.4, 0.5) is 0 Å². The van der Waals surface area contributed by atoms with Crippen LogP contribution in [0.5, 0.6) is 5.75 Å². The number of hydrogen-bond acceptors (Lipinski definition) is 3. The number of aromatic nitrogens is 1. The Bertz CT molecular complexity index is 755. The van der Waals surface area contributed by atoms with E-state index in [2.05, 4.69) is 15.8 Å². The number of benzene rings is 1. The van der Waals surface area contributed by atoms with Gasteiger partial charge in [0, 0.05) is 11.2 Å². The van der Waals surface area contributed by atoms with Crippen molar-refractivity contribution in [3.63, 3.8) is 0 Å². The first kappa shape index (κ1) is 18.3. The second-order valence-corrected chi connectivity index (χ2v) is 6.83. The van der Waals surface area contributed by atoms with E-state index in [-0.39, 0.29) is 6.61 Å². The fourth-order valence-corrected chi connectivity index (χ4v) is 3.41. The van der Waals surface area contributed by atoms with Gasteiger partial charge in [0.05, 0.1) is 0 Å². The number of hydrazine groups is 1. The molecule has 1 saturated carbocycles. The molecule has 3 N–H and O–H groups in total. The molecule has 1 aromatic heterocycles. The van der Waals surface area contributed by atoms with E-state index in [0.29, 0.717) is 22.4 Å². The molecule has 3 rings (SSSR count). The number of amides is 2. The molecule has 2 aromatic rings. The van der Waals surface area contributed by atoms with E-state index in [0.717, 1.165) is 18.4 Å². The maximum atomic E-state index is 12.0. The smallest absolute Gasteiger partial charge is 0.286 e.